The lowest BCUT2D eigenvalue weighted by Crippen LogP contribution is -2.14. The van der Waals surface area contributed by atoms with Crippen LogP contribution in [0.25, 0.3) is 0 Å². The van der Waals surface area contributed by atoms with Gasteiger partial charge in [0.2, 0.25) is 0 Å². The fourth-order valence-electron chi connectivity index (χ4n) is 1.61. The first-order valence-corrected chi connectivity index (χ1v) is 7.05. The zero-order valence-electron chi connectivity index (χ0n) is 11.0. The van der Waals surface area contributed by atoms with Gasteiger partial charge in [-0.25, -0.2) is 4.98 Å². The van der Waals surface area contributed by atoms with Crippen LogP contribution in [0.5, 0.6) is 0 Å². The maximum absolute atomic E-state index is 4.51. The summed E-state index contributed by atoms with van der Waals surface area (Å²) in [6, 6.07) is 0. The van der Waals surface area contributed by atoms with E-state index in [9.17, 15) is 0 Å². The number of nitrogens with one attached hydrogen (secondary N) is 1. The lowest BCUT2D eigenvalue weighted by molar-refractivity contribution is 0.520. The Labute approximate surface area is 103 Å². The fraction of sp³-hybridized carbons (Fsp3) is 0.769. The van der Waals surface area contributed by atoms with E-state index in [1.54, 1.807) is 0 Å². The molecule has 0 bridgehead atoms. The van der Waals surface area contributed by atoms with E-state index in [0.717, 1.165) is 19.0 Å². The van der Waals surface area contributed by atoms with Crippen molar-refractivity contribution in [2.45, 2.75) is 53.5 Å². The summed E-state index contributed by atoms with van der Waals surface area (Å²) in [5.74, 6) is 0.837. The summed E-state index contributed by atoms with van der Waals surface area (Å²) >= 11 is 1.81. The molecule has 1 aromatic heterocycles. The van der Waals surface area contributed by atoms with Crippen molar-refractivity contribution in [3.05, 3.63) is 15.6 Å². The van der Waals surface area contributed by atoms with Crippen LogP contribution >= 0.6 is 11.3 Å². The van der Waals surface area contributed by atoms with Crippen molar-refractivity contribution in [2.75, 3.05) is 6.54 Å². The van der Waals surface area contributed by atoms with E-state index >= 15 is 0 Å². The average molecular weight is 240 g/mol. The minimum Gasteiger partial charge on any atom is -0.310 e. The van der Waals surface area contributed by atoms with Crippen LogP contribution < -0.4 is 5.32 Å². The largest absolute Gasteiger partial charge is 0.310 e. The van der Waals surface area contributed by atoms with Crippen molar-refractivity contribution < 1.29 is 0 Å². The summed E-state index contributed by atoms with van der Waals surface area (Å²) in [4.78, 5) is 5.86. The molecule has 0 aliphatic carbocycles. The molecule has 0 unspecified atom stereocenters. The molecule has 1 rings (SSSR count). The van der Waals surface area contributed by atoms with Crippen LogP contribution in [0, 0.1) is 19.8 Å². The smallest absolute Gasteiger partial charge is 0.107 e. The molecule has 0 saturated carbocycles. The molecule has 0 amide bonds. The highest BCUT2D eigenvalue weighted by Crippen LogP contribution is 2.15. The van der Waals surface area contributed by atoms with E-state index in [1.165, 1.54) is 34.8 Å². The molecule has 1 N–H and O–H groups in total. The number of aryl methyl sites for hydroxylation is 2. The topological polar surface area (TPSA) is 24.9 Å². The molecule has 2 nitrogen and oxygen atoms in total. The predicted octanol–water partition coefficient (Wildman–Crippen LogP) is 3.68. The highest BCUT2D eigenvalue weighted by molar-refractivity contribution is 7.11. The SMILES string of the molecule is Cc1nc(CNCCCCC(C)C)sc1C. The Hall–Kier alpha value is -0.410. The molecule has 3 heteroatoms. The van der Waals surface area contributed by atoms with Crippen molar-refractivity contribution in [1.29, 1.82) is 0 Å². The minimum absolute atomic E-state index is 0.837. The van der Waals surface area contributed by atoms with E-state index in [-0.39, 0.29) is 0 Å². The Balaban J connectivity index is 2.07. The van der Waals surface area contributed by atoms with Crippen LogP contribution in [-0.4, -0.2) is 11.5 Å². The first-order valence-electron chi connectivity index (χ1n) is 6.23. The van der Waals surface area contributed by atoms with Gasteiger partial charge in [-0.1, -0.05) is 26.7 Å². The van der Waals surface area contributed by atoms with Gasteiger partial charge in [0.05, 0.1) is 5.69 Å². The fourth-order valence-corrected chi connectivity index (χ4v) is 2.52. The number of thiazole rings is 1. The maximum atomic E-state index is 4.51. The summed E-state index contributed by atoms with van der Waals surface area (Å²) in [5, 5.41) is 4.69. The van der Waals surface area contributed by atoms with Crippen LogP contribution in [-0.2, 0) is 6.54 Å². The zero-order valence-corrected chi connectivity index (χ0v) is 11.8. The molecule has 16 heavy (non-hydrogen) atoms. The third-order valence-electron chi connectivity index (χ3n) is 2.73. The molecule has 0 spiro atoms. The second-order valence-electron chi connectivity index (χ2n) is 4.82. The van der Waals surface area contributed by atoms with Crippen LogP contribution in [0.2, 0.25) is 0 Å². The van der Waals surface area contributed by atoms with Crippen LogP contribution in [0.1, 0.15) is 48.7 Å². The quantitative estimate of drug-likeness (QED) is 0.735. The Kier molecular flexibility index (Phi) is 5.99. The van der Waals surface area contributed by atoms with Gasteiger partial charge < -0.3 is 5.32 Å². The molecule has 0 fully saturated rings. The summed E-state index contributed by atoms with van der Waals surface area (Å²) < 4.78 is 0. The molecule has 0 saturated heterocycles. The molecule has 1 heterocycles. The van der Waals surface area contributed by atoms with E-state index in [0.29, 0.717) is 0 Å². The maximum Gasteiger partial charge on any atom is 0.107 e. The third kappa shape index (κ3) is 5.08. The number of rotatable bonds is 7. The van der Waals surface area contributed by atoms with Crippen molar-refractivity contribution in [3.63, 3.8) is 0 Å². The lowest BCUT2D eigenvalue weighted by Gasteiger charge is -2.04. The van der Waals surface area contributed by atoms with E-state index in [4.69, 9.17) is 0 Å². The van der Waals surface area contributed by atoms with Gasteiger partial charge in [-0.3, -0.25) is 0 Å². The molecule has 0 atom stereocenters. The van der Waals surface area contributed by atoms with Gasteiger partial charge in [0.15, 0.2) is 0 Å². The zero-order chi connectivity index (χ0) is 12.0. The summed E-state index contributed by atoms with van der Waals surface area (Å²) in [7, 11) is 0. The minimum atomic E-state index is 0.837. The van der Waals surface area contributed by atoms with Crippen molar-refractivity contribution in [3.8, 4) is 0 Å². The van der Waals surface area contributed by atoms with Crippen molar-refractivity contribution >= 4 is 11.3 Å². The Morgan fingerprint density at radius 3 is 2.56 bits per heavy atom. The number of unbranched alkanes of at least 4 members (excludes halogenated alkanes) is 1. The Morgan fingerprint density at radius 1 is 1.25 bits per heavy atom. The number of hydrogen-bond acceptors (Lipinski definition) is 3. The summed E-state index contributed by atoms with van der Waals surface area (Å²) in [6.45, 7) is 10.8. The monoisotopic (exact) mass is 240 g/mol. The van der Waals surface area contributed by atoms with Gasteiger partial charge in [-0.2, -0.15) is 0 Å². The van der Waals surface area contributed by atoms with Crippen LogP contribution in [0.3, 0.4) is 0 Å². The lowest BCUT2D eigenvalue weighted by atomic mass is 10.1. The molecular weight excluding hydrogens is 216 g/mol. The summed E-state index contributed by atoms with van der Waals surface area (Å²) in [6.07, 6.45) is 3.96. The molecule has 0 aliphatic heterocycles. The third-order valence-corrected chi connectivity index (χ3v) is 3.81. The van der Waals surface area contributed by atoms with Gasteiger partial charge in [0.25, 0.3) is 0 Å². The van der Waals surface area contributed by atoms with E-state index in [2.05, 4.69) is 38.0 Å². The van der Waals surface area contributed by atoms with E-state index in [1.807, 2.05) is 11.3 Å². The first kappa shape index (κ1) is 13.7. The molecule has 0 aliphatic rings. The second-order valence-corrected chi connectivity index (χ2v) is 6.10. The predicted molar refractivity (Wildman–Crippen MR) is 72.0 cm³/mol. The standard InChI is InChI=1S/C13H24N2S/c1-10(2)7-5-6-8-14-9-13-15-11(3)12(4)16-13/h10,14H,5-9H2,1-4H3. The Bertz CT molecular complexity index is 285. The number of nitrogens with zero attached hydrogens (tertiary/aromatic N) is 1. The molecule has 92 valence electrons. The van der Waals surface area contributed by atoms with Crippen LogP contribution in [0.15, 0.2) is 0 Å². The van der Waals surface area contributed by atoms with E-state index < -0.39 is 0 Å². The van der Waals surface area contributed by atoms with Gasteiger partial charge in [0, 0.05) is 11.4 Å². The molecule has 0 aromatic carbocycles. The van der Waals surface area contributed by atoms with Gasteiger partial charge in [-0.05, 0) is 32.7 Å². The Morgan fingerprint density at radius 2 is 2.00 bits per heavy atom. The molecular formula is C13H24N2S. The van der Waals surface area contributed by atoms with Crippen molar-refractivity contribution in [1.82, 2.24) is 10.3 Å². The van der Waals surface area contributed by atoms with Gasteiger partial charge >= 0.3 is 0 Å². The van der Waals surface area contributed by atoms with Gasteiger partial charge in [0.1, 0.15) is 5.01 Å². The highest BCUT2D eigenvalue weighted by Gasteiger charge is 2.02. The van der Waals surface area contributed by atoms with Gasteiger partial charge in [-0.15, -0.1) is 11.3 Å². The van der Waals surface area contributed by atoms with Crippen LogP contribution in [0.4, 0.5) is 0 Å². The normalized spacial score (nSPS) is 11.3. The van der Waals surface area contributed by atoms with Crippen molar-refractivity contribution in [2.24, 2.45) is 5.92 Å². The number of aromatic nitrogens is 1. The molecule has 1 aromatic rings. The summed E-state index contributed by atoms with van der Waals surface area (Å²) in [5.41, 5.74) is 1.18. The average Bonchev–Trinajstić information content (AvgIpc) is 2.52. The number of hydrogen-bond donors (Lipinski definition) is 1. The highest BCUT2D eigenvalue weighted by atomic mass is 32.1. The molecule has 0 radical (unpaired) electrons. The first-order chi connectivity index (χ1) is 7.59. The second kappa shape index (κ2) is 7.02.